The molecular weight excluding hydrogens is 428 g/mol. The Labute approximate surface area is 187 Å². The minimum Gasteiger partial charge on any atom is -0.486 e. The van der Waals surface area contributed by atoms with E-state index in [-0.39, 0.29) is 0 Å². The number of amides is 1. The number of anilines is 2. The average molecular weight is 453 g/mol. The van der Waals surface area contributed by atoms with E-state index < -0.39 is 22.0 Å². The summed E-state index contributed by atoms with van der Waals surface area (Å²) in [5.74, 6) is 0.542. The van der Waals surface area contributed by atoms with Crippen molar-refractivity contribution in [1.82, 2.24) is 0 Å². The molecule has 1 atom stereocenters. The first-order chi connectivity index (χ1) is 15.3. The zero-order chi connectivity index (χ0) is 22.7. The normalized spacial score (nSPS) is 13.8. The molecule has 3 aromatic rings. The Bertz CT molecular complexity index is 1230. The Morgan fingerprint density at radius 2 is 1.59 bits per heavy atom. The van der Waals surface area contributed by atoms with Crippen LogP contribution in [0, 0.1) is 0 Å². The number of para-hydroxylation sites is 1. The molecule has 7 nitrogen and oxygen atoms in total. The van der Waals surface area contributed by atoms with Crippen LogP contribution in [0.5, 0.6) is 11.5 Å². The predicted octanol–water partition coefficient (Wildman–Crippen LogP) is 3.92. The molecule has 8 heteroatoms. The highest BCUT2D eigenvalue weighted by Crippen LogP contribution is 2.35. The van der Waals surface area contributed by atoms with E-state index in [2.05, 4.69) is 5.32 Å². The number of ether oxygens (including phenoxy) is 2. The van der Waals surface area contributed by atoms with Crippen LogP contribution >= 0.6 is 0 Å². The summed E-state index contributed by atoms with van der Waals surface area (Å²) in [7, 11) is -3.77. The summed E-state index contributed by atoms with van der Waals surface area (Å²) in [6.45, 7) is 2.36. The third-order valence-electron chi connectivity index (χ3n) is 5.14. The van der Waals surface area contributed by atoms with Crippen LogP contribution in [0.1, 0.15) is 6.92 Å². The molecule has 0 unspecified atom stereocenters. The number of fused-ring (bicyclic) bond motifs is 1. The van der Waals surface area contributed by atoms with E-state index in [1.165, 1.54) is 0 Å². The molecule has 1 aliphatic heterocycles. The maximum Gasteiger partial charge on any atom is 0.248 e. The minimum absolute atomic E-state index is 0.329. The van der Waals surface area contributed by atoms with E-state index in [0.29, 0.717) is 36.1 Å². The summed E-state index contributed by atoms with van der Waals surface area (Å²) < 4.78 is 37.5. The average Bonchev–Trinajstić information content (AvgIpc) is 2.79. The molecule has 32 heavy (non-hydrogen) atoms. The second-order valence-electron chi connectivity index (χ2n) is 7.46. The van der Waals surface area contributed by atoms with Gasteiger partial charge in [0.1, 0.15) is 19.3 Å². The molecule has 0 bridgehead atoms. The Kier molecular flexibility index (Phi) is 6.05. The van der Waals surface area contributed by atoms with Crippen LogP contribution in [0.2, 0.25) is 0 Å². The predicted molar refractivity (Wildman–Crippen MR) is 125 cm³/mol. The van der Waals surface area contributed by atoms with Gasteiger partial charge in [-0.1, -0.05) is 48.5 Å². The van der Waals surface area contributed by atoms with Crippen molar-refractivity contribution >= 4 is 27.3 Å². The largest absolute Gasteiger partial charge is 0.486 e. The first-order valence-corrected chi connectivity index (χ1v) is 12.0. The zero-order valence-corrected chi connectivity index (χ0v) is 18.6. The summed E-state index contributed by atoms with van der Waals surface area (Å²) in [6.07, 6.45) is 1.07. The maximum atomic E-state index is 13.2. The second-order valence-corrected chi connectivity index (χ2v) is 9.32. The fourth-order valence-electron chi connectivity index (χ4n) is 3.68. The van der Waals surface area contributed by atoms with Gasteiger partial charge in [-0.2, -0.15) is 0 Å². The van der Waals surface area contributed by atoms with E-state index in [0.717, 1.165) is 21.7 Å². The standard InChI is InChI=1S/C24H24N2O5S/c1-17(24(27)25-21-11-7-6-10-20(21)18-8-4-3-5-9-18)26(32(2,28)29)19-12-13-22-23(16-19)31-15-14-30-22/h3-13,16-17H,14-15H2,1-2H3,(H,25,27)/t17-/m1/s1. The number of benzene rings is 3. The number of hydrogen-bond acceptors (Lipinski definition) is 5. The highest BCUT2D eigenvalue weighted by atomic mass is 32.2. The van der Waals surface area contributed by atoms with Gasteiger partial charge in [0.15, 0.2) is 11.5 Å². The molecule has 0 radical (unpaired) electrons. The van der Waals surface area contributed by atoms with Gasteiger partial charge in [0.2, 0.25) is 15.9 Å². The molecule has 0 aromatic heterocycles. The lowest BCUT2D eigenvalue weighted by atomic mass is 10.0. The summed E-state index contributed by atoms with van der Waals surface area (Å²) in [6, 6.07) is 20.9. The van der Waals surface area contributed by atoms with Crippen molar-refractivity contribution in [1.29, 1.82) is 0 Å². The quantitative estimate of drug-likeness (QED) is 0.613. The van der Waals surface area contributed by atoms with Crippen molar-refractivity contribution in [2.24, 2.45) is 0 Å². The van der Waals surface area contributed by atoms with Crippen molar-refractivity contribution in [2.75, 3.05) is 29.1 Å². The van der Waals surface area contributed by atoms with Crippen molar-refractivity contribution in [2.45, 2.75) is 13.0 Å². The Morgan fingerprint density at radius 1 is 0.938 bits per heavy atom. The molecule has 0 saturated heterocycles. The van der Waals surface area contributed by atoms with E-state index >= 15 is 0 Å². The van der Waals surface area contributed by atoms with Gasteiger partial charge in [-0.05, 0) is 30.7 Å². The minimum atomic E-state index is -3.77. The first kappa shape index (κ1) is 21.7. The molecule has 1 amide bonds. The van der Waals surface area contributed by atoms with Crippen LogP contribution in [0.25, 0.3) is 11.1 Å². The molecule has 1 aliphatic rings. The van der Waals surface area contributed by atoms with Crippen LogP contribution in [0.15, 0.2) is 72.8 Å². The zero-order valence-electron chi connectivity index (χ0n) is 17.8. The van der Waals surface area contributed by atoms with Gasteiger partial charge < -0.3 is 14.8 Å². The topological polar surface area (TPSA) is 84.9 Å². The van der Waals surface area contributed by atoms with Crippen molar-refractivity contribution in [3.05, 3.63) is 72.8 Å². The monoisotopic (exact) mass is 452 g/mol. The number of carbonyl (C=O) groups is 1. The van der Waals surface area contributed by atoms with Crippen molar-refractivity contribution in [3.63, 3.8) is 0 Å². The van der Waals surface area contributed by atoms with Gasteiger partial charge in [0, 0.05) is 17.3 Å². The lowest BCUT2D eigenvalue weighted by Gasteiger charge is -2.29. The van der Waals surface area contributed by atoms with Gasteiger partial charge in [-0.25, -0.2) is 8.42 Å². The number of nitrogens with one attached hydrogen (secondary N) is 1. The molecule has 0 saturated carbocycles. The molecule has 166 valence electrons. The number of hydrogen-bond donors (Lipinski definition) is 1. The number of rotatable bonds is 6. The molecular formula is C24H24N2O5S. The van der Waals surface area contributed by atoms with Crippen LogP contribution in [0.3, 0.4) is 0 Å². The highest BCUT2D eigenvalue weighted by molar-refractivity contribution is 7.92. The van der Waals surface area contributed by atoms with Crippen molar-refractivity contribution < 1.29 is 22.7 Å². The number of nitrogens with zero attached hydrogens (tertiary/aromatic N) is 1. The van der Waals surface area contributed by atoms with Gasteiger partial charge in [-0.15, -0.1) is 0 Å². The molecule has 0 aliphatic carbocycles. The van der Waals surface area contributed by atoms with E-state index in [1.807, 2.05) is 48.5 Å². The molecule has 0 spiro atoms. The molecule has 1 N–H and O–H groups in total. The lowest BCUT2D eigenvalue weighted by molar-refractivity contribution is -0.116. The third kappa shape index (κ3) is 4.55. The summed E-state index contributed by atoms with van der Waals surface area (Å²) in [5.41, 5.74) is 2.73. The van der Waals surface area contributed by atoms with Gasteiger partial charge in [0.25, 0.3) is 0 Å². The van der Waals surface area contributed by atoms with E-state index in [9.17, 15) is 13.2 Å². The maximum absolute atomic E-state index is 13.2. The number of carbonyl (C=O) groups excluding carboxylic acids is 1. The first-order valence-electron chi connectivity index (χ1n) is 10.2. The summed E-state index contributed by atoms with van der Waals surface area (Å²) >= 11 is 0. The molecule has 1 heterocycles. The Morgan fingerprint density at radius 3 is 2.31 bits per heavy atom. The number of sulfonamides is 1. The lowest BCUT2D eigenvalue weighted by Crippen LogP contribution is -2.45. The van der Waals surface area contributed by atoms with Gasteiger partial charge >= 0.3 is 0 Å². The Balaban J connectivity index is 1.64. The Hall–Kier alpha value is -3.52. The summed E-state index contributed by atoms with van der Waals surface area (Å²) in [5, 5.41) is 2.89. The van der Waals surface area contributed by atoms with Crippen LogP contribution in [-0.4, -0.2) is 39.8 Å². The van der Waals surface area contributed by atoms with Crippen molar-refractivity contribution in [3.8, 4) is 22.6 Å². The van der Waals surface area contributed by atoms with Crippen LogP contribution in [0.4, 0.5) is 11.4 Å². The smallest absolute Gasteiger partial charge is 0.248 e. The summed E-state index contributed by atoms with van der Waals surface area (Å²) in [4.78, 5) is 13.2. The second kappa shape index (κ2) is 8.92. The third-order valence-corrected chi connectivity index (χ3v) is 6.38. The highest BCUT2D eigenvalue weighted by Gasteiger charge is 2.30. The molecule has 0 fully saturated rings. The fraction of sp³-hybridized carbons (Fsp3) is 0.208. The van der Waals surface area contributed by atoms with E-state index in [1.54, 1.807) is 31.2 Å². The van der Waals surface area contributed by atoms with Crippen LogP contribution < -0.4 is 19.1 Å². The van der Waals surface area contributed by atoms with Gasteiger partial charge in [-0.3, -0.25) is 9.10 Å². The van der Waals surface area contributed by atoms with Gasteiger partial charge in [0.05, 0.1) is 11.9 Å². The molecule has 4 rings (SSSR count). The van der Waals surface area contributed by atoms with Crippen LogP contribution in [-0.2, 0) is 14.8 Å². The van der Waals surface area contributed by atoms with E-state index in [4.69, 9.17) is 9.47 Å². The molecule has 3 aromatic carbocycles. The fourth-order valence-corrected chi connectivity index (χ4v) is 4.84. The SMILES string of the molecule is C[C@H](C(=O)Nc1ccccc1-c1ccccc1)N(c1ccc2c(c1)OCCO2)S(C)(=O)=O.